The van der Waals surface area contributed by atoms with Gasteiger partial charge in [0.2, 0.25) is 0 Å². The number of aromatic nitrogens is 4. The van der Waals surface area contributed by atoms with Crippen LogP contribution in [0.4, 0.5) is 0 Å². The van der Waals surface area contributed by atoms with Gasteiger partial charge in [0.25, 0.3) is 0 Å². The van der Waals surface area contributed by atoms with Gasteiger partial charge in [0.05, 0.1) is 12.1 Å². The van der Waals surface area contributed by atoms with Gasteiger partial charge in [0.1, 0.15) is 5.69 Å². The second kappa shape index (κ2) is 4.57. The van der Waals surface area contributed by atoms with E-state index in [1.165, 1.54) is 6.42 Å². The number of hydrogen-bond donors (Lipinski definition) is 1. The van der Waals surface area contributed by atoms with Gasteiger partial charge in [-0.3, -0.25) is 4.68 Å². The highest BCUT2D eigenvalue weighted by Crippen LogP contribution is 2.31. The maximum atomic E-state index is 10.1. The third kappa shape index (κ3) is 1.95. The Hall–Kier alpha value is -1.62. The molecule has 1 aliphatic rings. The van der Waals surface area contributed by atoms with E-state index in [2.05, 4.69) is 14.6 Å². The summed E-state index contributed by atoms with van der Waals surface area (Å²) < 4.78 is 3.85. The highest BCUT2D eigenvalue weighted by molar-refractivity contribution is 5.49. The number of aryl methyl sites for hydroxylation is 1. The molecule has 0 saturated heterocycles. The van der Waals surface area contributed by atoms with Crippen molar-refractivity contribution < 1.29 is 5.11 Å². The van der Waals surface area contributed by atoms with Gasteiger partial charge in [-0.05, 0) is 18.9 Å². The second-order valence-corrected chi connectivity index (χ2v) is 4.95. The summed E-state index contributed by atoms with van der Waals surface area (Å²) in [6.45, 7) is 0. The molecule has 2 aromatic rings. The van der Waals surface area contributed by atoms with Crippen molar-refractivity contribution in [1.82, 2.24) is 19.3 Å². The van der Waals surface area contributed by atoms with Crippen LogP contribution >= 0.6 is 0 Å². The van der Waals surface area contributed by atoms with E-state index in [0.29, 0.717) is 0 Å². The number of aliphatic hydroxyl groups excluding tert-OH is 1. The molecular weight excluding hydrogens is 228 g/mol. The van der Waals surface area contributed by atoms with Crippen LogP contribution in [0.3, 0.4) is 0 Å². The standard InChI is InChI=1S/C13H18N4O/c1-16-8-6-10(15-16)13-14-7-9-17(13)11-4-2-3-5-12(11)18/h6-9,11-12,18H,2-5H2,1H3/t11-,12-/m1/s1. The molecule has 3 rings (SSSR count). The SMILES string of the molecule is Cn1ccc(-c2nccn2[C@@H]2CCCC[C@H]2O)n1. The topological polar surface area (TPSA) is 55.9 Å². The first-order chi connectivity index (χ1) is 8.75. The molecule has 96 valence electrons. The predicted molar refractivity (Wildman–Crippen MR) is 67.9 cm³/mol. The Labute approximate surface area is 106 Å². The van der Waals surface area contributed by atoms with Gasteiger partial charge in [-0.2, -0.15) is 5.10 Å². The zero-order chi connectivity index (χ0) is 12.5. The summed E-state index contributed by atoms with van der Waals surface area (Å²) in [5, 5.41) is 14.5. The lowest BCUT2D eigenvalue weighted by Crippen LogP contribution is -2.27. The fourth-order valence-electron chi connectivity index (χ4n) is 2.73. The molecule has 1 saturated carbocycles. The Balaban J connectivity index is 1.95. The van der Waals surface area contributed by atoms with E-state index >= 15 is 0 Å². The summed E-state index contributed by atoms with van der Waals surface area (Å²) in [7, 11) is 1.90. The Morgan fingerprint density at radius 3 is 2.83 bits per heavy atom. The molecule has 0 bridgehead atoms. The molecular formula is C13H18N4O. The average Bonchev–Trinajstić information content (AvgIpc) is 2.98. The molecule has 0 radical (unpaired) electrons. The molecule has 0 aromatic carbocycles. The lowest BCUT2D eigenvalue weighted by molar-refractivity contribution is 0.0762. The van der Waals surface area contributed by atoms with E-state index in [1.807, 2.05) is 25.5 Å². The minimum Gasteiger partial charge on any atom is -0.391 e. The quantitative estimate of drug-likeness (QED) is 0.878. The van der Waals surface area contributed by atoms with Crippen molar-refractivity contribution >= 4 is 0 Å². The van der Waals surface area contributed by atoms with E-state index in [4.69, 9.17) is 0 Å². The Bertz CT molecular complexity index is 531. The first-order valence-electron chi connectivity index (χ1n) is 6.46. The largest absolute Gasteiger partial charge is 0.391 e. The van der Waals surface area contributed by atoms with Crippen LogP contribution < -0.4 is 0 Å². The third-order valence-corrected chi connectivity index (χ3v) is 3.66. The molecule has 1 N–H and O–H groups in total. The molecule has 2 aromatic heterocycles. The fraction of sp³-hybridized carbons (Fsp3) is 0.538. The van der Waals surface area contributed by atoms with E-state index in [-0.39, 0.29) is 12.1 Å². The van der Waals surface area contributed by atoms with Crippen LogP contribution in [-0.4, -0.2) is 30.5 Å². The van der Waals surface area contributed by atoms with Gasteiger partial charge in [0.15, 0.2) is 5.82 Å². The number of rotatable bonds is 2. The van der Waals surface area contributed by atoms with Crippen LogP contribution in [0.1, 0.15) is 31.7 Å². The molecule has 0 amide bonds. The summed E-state index contributed by atoms with van der Waals surface area (Å²) in [5.74, 6) is 0.849. The maximum Gasteiger partial charge on any atom is 0.160 e. The van der Waals surface area contributed by atoms with Crippen molar-refractivity contribution in [3.05, 3.63) is 24.7 Å². The van der Waals surface area contributed by atoms with Crippen LogP contribution in [0.5, 0.6) is 0 Å². The van der Waals surface area contributed by atoms with Crippen molar-refractivity contribution in [2.45, 2.75) is 37.8 Å². The molecule has 18 heavy (non-hydrogen) atoms. The summed E-state index contributed by atoms with van der Waals surface area (Å²) in [5.41, 5.74) is 0.861. The zero-order valence-electron chi connectivity index (χ0n) is 10.5. The number of hydrogen-bond acceptors (Lipinski definition) is 3. The molecule has 1 aliphatic carbocycles. The van der Waals surface area contributed by atoms with Gasteiger partial charge in [0, 0.05) is 25.6 Å². The van der Waals surface area contributed by atoms with Gasteiger partial charge in [-0.15, -0.1) is 0 Å². The third-order valence-electron chi connectivity index (χ3n) is 3.66. The normalized spacial score (nSPS) is 24.3. The summed E-state index contributed by atoms with van der Waals surface area (Å²) in [6, 6.07) is 2.09. The minimum atomic E-state index is -0.268. The van der Waals surface area contributed by atoms with Gasteiger partial charge >= 0.3 is 0 Å². The zero-order valence-corrected chi connectivity index (χ0v) is 10.5. The van der Waals surface area contributed by atoms with E-state index in [9.17, 15) is 5.11 Å². The van der Waals surface area contributed by atoms with Crippen molar-refractivity contribution in [2.24, 2.45) is 7.05 Å². The highest BCUT2D eigenvalue weighted by atomic mass is 16.3. The first-order valence-corrected chi connectivity index (χ1v) is 6.46. The predicted octanol–water partition coefficient (Wildman–Crippen LogP) is 1.76. The lowest BCUT2D eigenvalue weighted by Gasteiger charge is -2.29. The van der Waals surface area contributed by atoms with E-state index < -0.39 is 0 Å². The van der Waals surface area contributed by atoms with Crippen LogP contribution in [-0.2, 0) is 7.05 Å². The molecule has 0 unspecified atom stereocenters. The fourth-order valence-corrected chi connectivity index (χ4v) is 2.73. The molecule has 1 fully saturated rings. The van der Waals surface area contributed by atoms with Crippen LogP contribution in [0.2, 0.25) is 0 Å². The number of aliphatic hydroxyl groups is 1. The molecule has 0 spiro atoms. The van der Waals surface area contributed by atoms with Gasteiger partial charge < -0.3 is 9.67 Å². The van der Waals surface area contributed by atoms with Crippen molar-refractivity contribution in [1.29, 1.82) is 0 Å². The maximum absolute atomic E-state index is 10.1. The van der Waals surface area contributed by atoms with E-state index in [0.717, 1.165) is 30.8 Å². The number of imidazole rings is 1. The Morgan fingerprint density at radius 1 is 1.28 bits per heavy atom. The Kier molecular flexibility index (Phi) is 2.91. The first kappa shape index (κ1) is 11.5. The van der Waals surface area contributed by atoms with Gasteiger partial charge in [-0.1, -0.05) is 12.8 Å². The monoisotopic (exact) mass is 246 g/mol. The summed E-state index contributed by atoms with van der Waals surface area (Å²) in [6.07, 6.45) is 9.55. The van der Waals surface area contributed by atoms with Gasteiger partial charge in [-0.25, -0.2) is 4.98 Å². The molecule has 2 heterocycles. The van der Waals surface area contributed by atoms with E-state index in [1.54, 1.807) is 10.9 Å². The van der Waals surface area contributed by atoms with Crippen molar-refractivity contribution in [2.75, 3.05) is 0 Å². The van der Waals surface area contributed by atoms with Crippen molar-refractivity contribution in [3.63, 3.8) is 0 Å². The molecule has 5 heteroatoms. The Morgan fingerprint density at radius 2 is 2.11 bits per heavy atom. The van der Waals surface area contributed by atoms with Crippen LogP contribution in [0.25, 0.3) is 11.5 Å². The highest BCUT2D eigenvalue weighted by Gasteiger charge is 2.26. The molecule has 5 nitrogen and oxygen atoms in total. The lowest BCUT2D eigenvalue weighted by atomic mass is 9.92. The average molecular weight is 246 g/mol. The second-order valence-electron chi connectivity index (χ2n) is 4.95. The molecule has 2 atom stereocenters. The summed E-state index contributed by atoms with van der Waals surface area (Å²) >= 11 is 0. The van der Waals surface area contributed by atoms with Crippen LogP contribution in [0, 0.1) is 0 Å². The van der Waals surface area contributed by atoms with Crippen LogP contribution in [0.15, 0.2) is 24.7 Å². The number of nitrogens with zero attached hydrogens (tertiary/aromatic N) is 4. The minimum absolute atomic E-state index is 0.137. The molecule has 0 aliphatic heterocycles. The smallest absolute Gasteiger partial charge is 0.160 e. The summed E-state index contributed by atoms with van der Waals surface area (Å²) in [4.78, 5) is 4.39. The van der Waals surface area contributed by atoms with Crippen molar-refractivity contribution in [3.8, 4) is 11.5 Å².